The first-order valence-corrected chi connectivity index (χ1v) is 8.90. The fourth-order valence-corrected chi connectivity index (χ4v) is 2.49. The monoisotopic (exact) mass is 387 g/mol. The molecule has 0 aromatic heterocycles. The molecule has 7 heteroatoms. The first-order valence-electron chi connectivity index (χ1n) is 8.90. The van der Waals surface area contributed by atoms with Gasteiger partial charge in [0.15, 0.2) is 11.5 Å². The molecule has 1 unspecified atom stereocenters. The molecule has 1 atom stereocenters. The fraction of sp³-hybridized carbons (Fsp3) is 0.333. The Morgan fingerprint density at radius 1 is 1.04 bits per heavy atom. The first-order chi connectivity index (χ1) is 13.5. The summed E-state index contributed by atoms with van der Waals surface area (Å²) in [4.78, 5) is 24.2. The number of benzene rings is 2. The van der Waals surface area contributed by atoms with Gasteiger partial charge in [0.05, 0.1) is 20.8 Å². The number of carbonyl (C=O) groups is 2. The van der Waals surface area contributed by atoms with Crippen molar-refractivity contribution in [3.8, 4) is 17.2 Å². The number of nitrogens with one attached hydrogen (secondary N) is 1. The second-order valence-electron chi connectivity index (χ2n) is 5.93. The number of ether oxygens (including phenoxy) is 4. The minimum absolute atomic E-state index is 0.244. The Hall–Kier alpha value is -3.22. The Balaban J connectivity index is 2.21. The number of hydrogen-bond donors (Lipinski definition) is 1. The van der Waals surface area contributed by atoms with Crippen LogP contribution in [0.1, 0.15) is 29.8 Å². The van der Waals surface area contributed by atoms with Crippen LogP contribution in [0.5, 0.6) is 17.2 Å². The molecule has 0 bridgehead atoms. The van der Waals surface area contributed by atoms with E-state index in [1.807, 2.05) is 30.3 Å². The molecule has 0 saturated carbocycles. The summed E-state index contributed by atoms with van der Waals surface area (Å²) >= 11 is 0. The summed E-state index contributed by atoms with van der Waals surface area (Å²) in [6.45, 7) is 3.82. The highest BCUT2D eigenvalue weighted by Gasteiger charge is 2.21. The Morgan fingerprint density at radius 2 is 1.64 bits per heavy atom. The molecular formula is C21H25NO6. The van der Waals surface area contributed by atoms with E-state index in [9.17, 15) is 9.59 Å². The molecule has 2 aromatic rings. The lowest BCUT2D eigenvalue weighted by Crippen LogP contribution is -2.39. The standard InChI is InChI=1S/C21H25NO6/c1-5-27-21(24)14(2)22-20(23)16-11-17(25-3)19(18(12-16)26-4)28-13-15-9-7-6-8-10-15/h6-12,14H,5,13H2,1-4H3,(H,22,23). The van der Waals surface area contributed by atoms with E-state index in [1.165, 1.54) is 26.4 Å². The minimum Gasteiger partial charge on any atom is -0.493 e. The molecule has 2 rings (SSSR count). The van der Waals surface area contributed by atoms with E-state index in [4.69, 9.17) is 18.9 Å². The number of rotatable bonds is 9. The third kappa shape index (κ3) is 5.39. The topological polar surface area (TPSA) is 83.1 Å². The van der Waals surface area contributed by atoms with Crippen molar-refractivity contribution >= 4 is 11.9 Å². The second kappa shape index (κ2) is 10.2. The molecule has 0 radical (unpaired) electrons. The Bertz CT molecular complexity index is 781. The van der Waals surface area contributed by atoms with Crippen LogP contribution in [0.25, 0.3) is 0 Å². The summed E-state index contributed by atoms with van der Waals surface area (Å²) in [5, 5.41) is 2.60. The minimum atomic E-state index is -0.779. The lowest BCUT2D eigenvalue weighted by atomic mass is 10.1. The molecule has 1 N–H and O–H groups in total. The van der Waals surface area contributed by atoms with Gasteiger partial charge in [0.25, 0.3) is 5.91 Å². The number of amides is 1. The van der Waals surface area contributed by atoms with Crippen molar-refractivity contribution in [3.63, 3.8) is 0 Å². The summed E-state index contributed by atoms with van der Waals surface area (Å²) in [7, 11) is 2.96. The van der Waals surface area contributed by atoms with Crippen LogP contribution in [0.3, 0.4) is 0 Å². The number of methoxy groups -OCH3 is 2. The summed E-state index contributed by atoms with van der Waals surface area (Å²) in [6, 6.07) is 12.0. The zero-order chi connectivity index (χ0) is 20.5. The zero-order valence-corrected chi connectivity index (χ0v) is 16.5. The van der Waals surface area contributed by atoms with Crippen molar-refractivity contribution in [2.75, 3.05) is 20.8 Å². The van der Waals surface area contributed by atoms with Crippen LogP contribution in [0.4, 0.5) is 0 Å². The Labute approximate surface area is 164 Å². The summed E-state index contributed by atoms with van der Waals surface area (Å²) in [5.74, 6) is 0.140. The van der Waals surface area contributed by atoms with E-state index in [1.54, 1.807) is 13.8 Å². The third-order valence-electron chi connectivity index (χ3n) is 3.94. The van der Waals surface area contributed by atoms with E-state index in [2.05, 4.69) is 5.32 Å². The first kappa shape index (κ1) is 21.1. The van der Waals surface area contributed by atoms with Crippen molar-refractivity contribution in [3.05, 3.63) is 53.6 Å². The van der Waals surface area contributed by atoms with Crippen molar-refractivity contribution in [2.24, 2.45) is 0 Å². The van der Waals surface area contributed by atoms with E-state index in [0.717, 1.165) is 5.56 Å². The molecule has 2 aromatic carbocycles. The lowest BCUT2D eigenvalue weighted by molar-refractivity contribution is -0.144. The van der Waals surface area contributed by atoms with Gasteiger partial charge < -0.3 is 24.3 Å². The van der Waals surface area contributed by atoms with Crippen molar-refractivity contribution in [1.29, 1.82) is 0 Å². The highest BCUT2D eigenvalue weighted by atomic mass is 16.5. The van der Waals surface area contributed by atoms with Crippen LogP contribution < -0.4 is 19.5 Å². The molecule has 0 aliphatic heterocycles. The molecule has 7 nitrogen and oxygen atoms in total. The van der Waals surface area contributed by atoms with Crippen LogP contribution in [0, 0.1) is 0 Å². The molecule has 150 valence electrons. The highest BCUT2D eigenvalue weighted by Crippen LogP contribution is 2.39. The number of esters is 1. The third-order valence-corrected chi connectivity index (χ3v) is 3.94. The largest absolute Gasteiger partial charge is 0.493 e. The normalized spacial score (nSPS) is 11.3. The van der Waals surface area contributed by atoms with Gasteiger partial charge in [-0.05, 0) is 31.5 Å². The van der Waals surface area contributed by atoms with Gasteiger partial charge in [-0.3, -0.25) is 4.79 Å². The summed E-state index contributed by atoms with van der Waals surface area (Å²) < 4.78 is 21.5. The maximum absolute atomic E-state index is 12.5. The molecule has 0 fully saturated rings. The predicted octanol–water partition coefficient (Wildman–Crippen LogP) is 2.96. The van der Waals surface area contributed by atoms with Gasteiger partial charge in [-0.1, -0.05) is 30.3 Å². The lowest BCUT2D eigenvalue weighted by Gasteiger charge is -2.17. The average Bonchev–Trinajstić information content (AvgIpc) is 2.72. The molecule has 1 amide bonds. The van der Waals surface area contributed by atoms with Crippen LogP contribution in [0.15, 0.2) is 42.5 Å². The predicted molar refractivity (Wildman–Crippen MR) is 104 cm³/mol. The van der Waals surface area contributed by atoms with E-state index >= 15 is 0 Å². The van der Waals surface area contributed by atoms with E-state index in [0.29, 0.717) is 23.9 Å². The maximum atomic E-state index is 12.5. The van der Waals surface area contributed by atoms with Crippen molar-refractivity contribution in [2.45, 2.75) is 26.5 Å². The molecule has 0 saturated heterocycles. The number of hydrogen-bond acceptors (Lipinski definition) is 6. The van der Waals surface area contributed by atoms with Gasteiger partial charge in [0.2, 0.25) is 5.75 Å². The van der Waals surface area contributed by atoms with Gasteiger partial charge in [-0.2, -0.15) is 0 Å². The molecule has 28 heavy (non-hydrogen) atoms. The van der Waals surface area contributed by atoms with Crippen LogP contribution >= 0.6 is 0 Å². The Morgan fingerprint density at radius 3 is 2.18 bits per heavy atom. The van der Waals surface area contributed by atoms with Crippen LogP contribution in [-0.2, 0) is 16.1 Å². The fourth-order valence-electron chi connectivity index (χ4n) is 2.49. The van der Waals surface area contributed by atoms with Crippen LogP contribution in [-0.4, -0.2) is 38.7 Å². The average molecular weight is 387 g/mol. The van der Waals surface area contributed by atoms with Gasteiger partial charge in [0, 0.05) is 5.56 Å². The Kier molecular flexibility index (Phi) is 7.68. The molecule has 0 heterocycles. The SMILES string of the molecule is CCOC(=O)C(C)NC(=O)c1cc(OC)c(OCc2ccccc2)c(OC)c1. The molecular weight excluding hydrogens is 362 g/mol. The van der Waals surface area contributed by atoms with Gasteiger partial charge in [0.1, 0.15) is 12.6 Å². The number of carbonyl (C=O) groups excluding carboxylic acids is 2. The van der Waals surface area contributed by atoms with Crippen molar-refractivity contribution < 1.29 is 28.5 Å². The quantitative estimate of drug-likeness (QED) is 0.666. The van der Waals surface area contributed by atoms with Gasteiger partial charge in [-0.15, -0.1) is 0 Å². The smallest absolute Gasteiger partial charge is 0.328 e. The van der Waals surface area contributed by atoms with Crippen LogP contribution in [0.2, 0.25) is 0 Å². The zero-order valence-electron chi connectivity index (χ0n) is 16.5. The summed E-state index contributed by atoms with van der Waals surface area (Å²) in [5.41, 5.74) is 1.26. The van der Waals surface area contributed by atoms with E-state index < -0.39 is 17.9 Å². The molecule has 0 spiro atoms. The van der Waals surface area contributed by atoms with Crippen molar-refractivity contribution in [1.82, 2.24) is 5.32 Å². The molecule has 0 aliphatic carbocycles. The highest BCUT2D eigenvalue weighted by molar-refractivity contribution is 5.97. The summed E-state index contributed by atoms with van der Waals surface area (Å²) in [6.07, 6.45) is 0. The maximum Gasteiger partial charge on any atom is 0.328 e. The second-order valence-corrected chi connectivity index (χ2v) is 5.93. The van der Waals surface area contributed by atoms with Gasteiger partial charge >= 0.3 is 5.97 Å². The van der Waals surface area contributed by atoms with E-state index in [-0.39, 0.29) is 12.2 Å². The van der Waals surface area contributed by atoms with Gasteiger partial charge in [-0.25, -0.2) is 4.79 Å². The molecule has 0 aliphatic rings.